The Hall–Kier alpha value is -2.55. The molecule has 0 fully saturated rings. The number of aromatic nitrogens is 2. The molecule has 0 saturated carbocycles. The van der Waals surface area contributed by atoms with E-state index in [1.807, 2.05) is 32.3 Å². The van der Waals surface area contributed by atoms with Crippen LogP contribution in [0.3, 0.4) is 0 Å². The Morgan fingerprint density at radius 1 is 1.33 bits per heavy atom. The fourth-order valence-corrected chi connectivity index (χ4v) is 1.56. The summed E-state index contributed by atoms with van der Waals surface area (Å²) >= 11 is 0. The Morgan fingerprint density at radius 2 is 2.11 bits per heavy atom. The summed E-state index contributed by atoms with van der Waals surface area (Å²) in [5.74, 6) is 3.23. The number of hydrogen-bond donors (Lipinski definition) is 1. The zero-order valence-electron chi connectivity index (χ0n) is 10.4. The predicted octanol–water partition coefficient (Wildman–Crippen LogP) is 2.35. The van der Waals surface area contributed by atoms with Crippen molar-refractivity contribution >= 4 is 17.5 Å². The van der Waals surface area contributed by atoms with Gasteiger partial charge < -0.3 is 4.42 Å². The van der Waals surface area contributed by atoms with Crippen molar-refractivity contribution in [1.82, 2.24) is 9.97 Å². The lowest BCUT2D eigenvalue weighted by molar-refractivity contribution is 0.537. The third-order valence-electron chi connectivity index (χ3n) is 2.41. The molecular weight excluding hydrogens is 230 g/mol. The molecule has 0 bridgehead atoms. The third kappa shape index (κ3) is 2.40. The molecule has 0 atom stereocenters. The molecule has 6 nitrogen and oxygen atoms in total. The molecule has 6 heteroatoms. The minimum Gasteiger partial charge on any atom is -0.445 e. The molecular formula is C12H13N5O. The van der Waals surface area contributed by atoms with Gasteiger partial charge in [-0.3, -0.25) is 10.2 Å². The number of hydrogen-bond acceptors (Lipinski definition) is 6. The molecule has 2 aromatic heterocycles. The summed E-state index contributed by atoms with van der Waals surface area (Å²) in [7, 11) is 1.84. The Morgan fingerprint density at radius 3 is 2.72 bits per heavy atom. The number of anilines is 3. The van der Waals surface area contributed by atoms with Crippen molar-refractivity contribution in [1.29, 1.82) is 5.26 Å². The molecule has 0 aromatic carbocycles. The second kappa shape index (κ2) is 4.75. The maximum Gasteiger partial charge on any atom is 0.200 e. The molecule has 0 radical (unpaired) electrons. The van der Waals surface area contributed by atoms with E-state index in [4.69, 9.17) is 9.68 Å². The van der Waals surface area contributed by atoms with Crippen molar-refractivity contribution in [2.24, 2.45) is 0 Å². The number of nitrogens with zero attached hydrogens (tertiary/aromatic N) is 4. The summed E-state index contributed by atoms with van der Waals surface area (Å²) in [6.45, 7) is 3.65. The molecule has 2 rings (SSSR count). The highest BCUT2D eigenvalue weighted by atomic mass is 16.4. The van der Waals surface area contributed by atoms with E-state index < -0.39 is 0 Å². The standard InChI is InChI=1S/C12H13N5O/c1-8-4-5-12(18-8)17(3)11-6-10(14-7-13)15-9(2)16-11/h4-6H,1-3H3,(H,14,15,16). The van der Waals surface area contributed by atoms with Gasteiger partial charge in [0.2, 0.25) is 5.88 Å². The zero-order chi connectivity index (χ0) is 13.1. The third-order valence-corrected chi connectivity index (χ3v) is 2.41. The van der Waals surface area contributed by atoms with Crippen molar-refractivity contribution in [3.8, 4) is 6.19 Å². The normalized spacial score (nSPS) is 9.89. The van der Waals surface area contributed by atoms with Crippen molar-refractivity contribution < 1.29 is 4.42 Å². The molecule has 0 saturated heterocycles. The molecule has 0 unspecified atom stereocenters. The molecule has 18 heavy (non-hydrogen) atoms. The maximum absolute atomic E-state index is 8.61. The fourth-order valence-electron chi connectivity index (χ4n) is 1.56. The summed E-state index contributed by atoms with van der Waals surface area (Å²) in [5.41, 5.74) is 0. The molecule has 0 spiro atoms. The average molecular weight is 243 g/mol. The van der Waals surface area contributed by atoms with Gasteiger partial charge in [-0.05, 0) is 19.9 Å². The average Bonchev–Trinajstić information content (AvgIpc) is 2.74. The van der Waals surface area contributed by atoms with Gasteiger partial charge in [-0.2, -0.15) is 5.26 Å². The second-order valence-electron chi connectivity index (χ2n) is 3.84. The number of rotatable bonds is 3. The lowest BCUT2D eigenvalue weighted by Crippen LogP contribution is -2.12. The number of aryl methyl sites for hydroxylation is 2. The molecule has 2 aromatic rings. The van der Waals surface area contributed by atoms with E-state index in [0.717, 1.165) is 5.76 Å². The van der Waals surface area contributed by atoms with Crippen LogP contribution in [-0.2, 0) is 0 Å². The molecule has 0 aliphatic carbocycles. The van der Waals surface area contributed by atoms with E-state index >= 15 is 0 Å². The van der Waals surface area contributed by atoms with Gasteiger partial charge in [-0.1, -0.05) is 0 Å². The predicted molar refractivity (Wildman–Crippen MR) is 67.5 cm³/mol. The molecule has 2 heterocycles. The Bertz CT molecular complexity index is 599. The number of furan rings is 1. The van der Waals surface area contributed by atoms with E-state index in [2.05, 4.69) is 15.3 Å². The van der Waals surface area contributed by atoms with Gasteiger partial charge in [-0.25, -0.2) is 9.97 Å². The smallest absolute Gasteiger partial charge is 0.200 e. The highest BCUT2D eigenvalue weighted by Gasteiger charge is 2.11. The van der Waals surface area contributed by atoms with Crippen molar-refractivity contribution in [3.05, 3.63) is 29.8 Å². The highest BCUT2D eigenvalue weighted by molar-refractivity contribution is 5.58. The zero-order valence-corrected chi connectivity index (χ0v) is 10.4. The van der Waals surface area contributed by atoms with Gasteiger partial charge in [0, 0.05) is 19.2 Å². The summed E-state index contributed by atoms with van der Waals surface area (Å²) in [6.07, 6.45) is 1.84. The van der Waals surface area contributed by atoms with Crippen LogP contribution in [0.4, 0.5) is 17.5 Å². The van der Waals surface area contributed by atoms with E-state index in [-0.39, 0.29) is 0 Å². The van der Waals surface area contributed by atoms with Crippen LogP contribution in [0.15, 0.2) is 22.6 Å². The Labute approximate surface area is 105 Å². The first-order chi connectivity index (χ1) is 8.60. The Kier molecular flexibility index (Phi) is 3.15. The van der Waals surface area contributed by atoms with Gasteiger partial charge in [0.05, 0.1) is 0 Å². The first kappa shape index (κ1) is 11.9. The lowest BCUT2D eigenvalue weighted by Gasteiger charge is -2.15. The number of nitrogens with one attached hydrogen (secondary N) is 1. The van der Waals surface area contributed by atoms with Gasteiger partial charge in [0.1, 0.15) is 23.2 Å². The quantitative estimate of drug-likeness (QED) is 0.658. The summed E-state index contributed by atoms with van der Waals surface area (Å²) in [6, 6.07) is 5.44. The Balaban J connectivity index is 2.35. The van der Waals surface area contributed by atoms with Crippen LogP contribution in [0.2, 0.25) is 0 Å². The molecule has 1 N–H and O–H groups in total. The summed E-state index contributed by atoms with van der Waals surface area (Å²) in [5, 5.41) is 11.1. The monoisotopic (exact) mass is 243 g/mol. The van der Waals surface area contributed by atoms with Crippen molar-refractivity contribution in [2.75, 3.05) is 17.3 Å². The van der Waals surface area contributed by atoms with E-state index in [0.29, 0.717) is 23.3 Å². The fraction of sp³-hybridized carbons (Fsp3) is 0.250. The van der Waals surface area contributed by atoms with Gasteiger partial charge >= 0.3 is 0 Å². The SMILES string of the molecule is Cc1nc(NC#N)cc(N(C)c2ccc(C)o2)n1. The first-order valence-corrected chi connectivity index (χ1v) is 5.41. The van der Waals surface area contributed by atoms with Gasteiger partial charge in [0.15, 0.2) is 6.19 Å². The van der Waals surface area contributed by atoms with E-state index in [1.54, 1.807) is 17.9 Å². The molecule has 0 aliphatic heterocycles. The van der Waals surface area contributed by atoms with Crippen LogP contribution in [0, 0.1) is 25.3 Å². The molecule has 92 valence electrons. The van der Waals surface area contributed by atoms with Crippen LogP contribution in [0.5, 0.6) is 0 Å². The van der Waals surface area contributed by atoms with Crippen LogP contribution in [0.25, 0.3) is 0 Å². The van der Waals surface area contributed by atoms with Crippen molar-refractivity contribution in [3.63, 3.8) is 0 Å². The summed E-state index contributed by atoms with van der Waals surface area (Å²) < 4.78 is 5.52. The van der Waals surface area contributed by atoms with Crippen molar-refractivity contribution in [2.45, 2.75) is 13.8 Å². The maximum atomic E-state index is 8.61. The largest absolute Gasteiger partial charge is 0.445 e. The number of nitriles is 1. The second-order valence-corrected chi connectivity index (χ2v) is 3.84. The van der Waals surface area contributed by atoms with Gasteiger partial charge in [-0.15, -0.1) is 0 Å². The van der Waals surface area contributed by atoms with E-state index in [9.17, 15) is 0 Å². The minimum atomic E-state index is 0.468. The van der Waals surface area contributed by atoms with Gasteiger partial charge in [0.25, 0.3) is 0 Å². The van der Waals surface area contributed by atoms with Crippen LogP contribution < -0.4 is 10.2 Å². The minimum absolute atomic E-state index is 0.468. The highest BCUT2D eigenvalue weighted by Crippen LogP contribution is 2.25. The topological polar surface area (TPSA) is 78.0 Å². The van der Waals surface area contributed by atoms with Crippen LogP contribution >= 0.6 is 0 Å². The molecule has 0 aliphatic rings. The van der Waals surface area contributed by atoms with Crippen LogP contribution in [-0.4, -0.2) is 17.0 Å². The van der Waals surface area contributed by atoms with E-state index in [1.165, 1.54) is 0 Å². The summed E-state index contributed by atoms with van der Waals surface area (Å²) in [4.78, 5) is 10.2. The van der Waals surface area contributed by atoms with Crippen LogP contribution in [0.1, 0.15) is 11.6 Å². The molecule has 0 amide bonds. The lowest BCUT2D eigenvalue weighted by atomic mass is 10.4. The first-order valence-electron chi connectivity index (χ1n) is 5.41.